The predicted octanol–water partition coefficient (Wildman–Crippen LogP) is 2.76. The molecule has 0 atom stereocenters. The lowest BCUT2D eigenvalue weighted by molar-refractivity contribution is -0.128. The molecule has 2 aliphatic heterocycles. The zero-order valence-corrected chi connectivity index (χ0v) is 17.3. The molecule has 4 rings (SSSR count). The maximum atomic E-state index is 11.8. The highest BCUT2D eigenvalue weighted by atomic mass is 35.5. The minimum absolute atomic E-state index is 0.159. The predicted molar refractivity (Wildman–Crippen MR) is 108 cm³/mol. The monoisotopic (exact) mass is 421 g/mol. The molecule has 28 heavy (non-hydrogen) atoms. The molecule has 1 aromatic heterocycles. The Morgan fingerprint density at radius 1 is 1.11 bits per heavy atom. The molecule has 2 aliphatic rings. The van der Waals surface area contributed by atoms with Gasteiger partial charge in [0.1, 0.15) is 0 Å². The third kappa shape index (κ3) is 4.81. The molecular weight excluding hydrogens is 398 g/mol. The standard InChI is InChI=1S/C19H24ClN5O2S/c20-16-4-1-3-15(11-16)12-22-7-9-23(10-8-22)14-25-19(28)27-17(21-25)13-24-6-2-5-18(24)26/h1,3-4,11H,2,5-10,12-14H2. The Morgan fingerprint density at radius 2 is 1.89 bits per heavy atom. The molecule has 0 unspecified atom stereocenters. The van der Waals surface area contributed by atoms with Gasteiger partial charge < -0.3 is 9.32 Å². The Balaban J connectivity index is 1.29. The van der Waals surface area contributed by atoms with Crippen LogP contribution < -0.4 is 0 Å². The lowest BCUT2D eigenvalue weighted by Gasteiger charge is -2.34. The van der Waals surface area contributed by atoms with Gasteiger partial charge in [-0.05, 0) is 36.3 Å². The van der Waals surface area contributed by atoms with Crippen molar-refractivity contribution < 1.29 is 9.21 Å². The highest BCUT2D eigenvalue weighted by Gasteiger charge is 2.23. The van der Waals surface area contributed by atoms with Gasteiger partial charge in [-0.25, -0.2) is 4.68 Å². The van der Waals surface area contributed by atoms with Gasteiger partial charge in [0.2, 0.25) is 11.8 Å². The van der Waals surface area contributed by atoms with Crippen LogP contribution in [-0.4, -0.2) is 63.1 Å². The number of aromatic nitrogens is 2. The van der Waals surface area contributed by atoms with E-state index in [1.807, 2.05) is 18.2 Å². The smallest absolute Gasteiger partial charge is 0.288 e. The van der Waals surface area contributed by atoms with Crippen LogP contribution in [0.4, 0.5) is 0 Å². The van der Waals surface area contributed by atoms with Gasteiger partial charge in [-0.2, -0.15) is 0 Å². The van der Waals surface area contributed by atoms with E-state index in [0.29, 0.717) is 30.4 Å². The van der Waals surface area contributed by atoms with Crippen molar-refractivity contribution in [3.05, 3.63) is 45.6 Å². The second kappa shape index (κ2) is 8.73. The number of hydrogen-bond donors (Lipinski definition) is 0. The molecule has 0 bridgehead atoms. The quantitative estimate of drug-likeness (QED) is 0.668. The first-order chi connectivity index (χ1) is 13.6. The summed E-state index contributed by atoms with van der Waals surface area (Å²) in [5, 5.41) is 5.26. The summed E-state index contributed by atoms with van der Waals surface area (Å²) in [6.45, 7) is 6.53. The highest BCUT2D eigenvalue weighted by molar-refractivity contribution is 7.71. The van der Waals surface area contributed by atoms with Gasteiger partial charge in [0.15, 0.2) is 0 Å². The molecule has 150 valence electrons. The Kier molecular flexibility index (Phi) is 6.10. The van der Waals surface area contributed by atoms with Crippen LogP contribution in [0.25, 0.3) is 0 Å². The number of nitrogens with zero attached hydrogens (tertiary/aromatic N) is 5. The van der Waals surface area contributed by atoms with Crippen LogP contribution in [0.5, 0.6) is 0 Å². The second-order valence-electron chi connectivity index (χ2n) is 7.35. The number of amides is 1. The molecule has 1 amide bonds. The van der Waals surface area contributed by atoms with E-state index >= 15 is 0 Å². The molecule has 0 aliphatic carbocycles. The fourth-order valence-electron chi connectivity index (χ4n) is 3.71. The molecule has 9 heteroatoms. The van der Waals surface area contributed by atoms with E-state index in [2.05, 4.69) is 21.0 Å². The average Bonchev–Trinajstić information content (AvgIpc) is 3.22. The third-order valence-corrected chi connectivity index (χ3v) is 5.77. The lowest BCUT2D eigenvalue weighted by Crippen LogP contribution is -2.46. The Bertz CT molecular complexity index is 890. The molecular formula is C19H24ClN5O2S. The summed E-state index contributed by atoms with van der Waals surface area (Å²) in [5.41, 5.74) is 1.24. The summed E-state index contributed by atoms with van der Waals surface area (Å²) in [6, 6.07) is 8.03. The van der Waals surface area contributed by atoms with Crippen LogP contribution in [0.1, 0.15) is 24.3 Å². The van der Waals surface area contributed by atoms with Crippen molar-refractivity contribution in [1.29, 1.82) is 0 Å². The van der Waals surface area contributed by atoms with Crippen LogP contribution in [0.3, 0.4) is 0 Å². The molecule has 3 heterocycles. The minimum Gasteiger partial charge on any atom is -0.412 e. The topological polar surface area (TPSA) is 57.8 Å². The molecule has 1 aromatic carbocycles. The molecule has 0 saturated carbocycles. The SMILES string of the molecule is O=C1CCCN1Cc1nn(CN2CCN(Cc3cccc(Cl)c3)CC2)c(=S)o1. The normalized spacial score (nSPS) is 18.9. The van der Waals surface area contributed by atoms with E-state index in [4.69, 9.17) is 28.2 Å². The summed E-state index contributed by atoms with van der Waals surface area (Å²) in [4.78, 5) is 18.7. The maximum absolute atomic E-state index is 11.8. The van der Waals surface area contributed by atoms with E-state index < -0.39 is 0 Å². The van der Waals surface area contributed by atoms with Gasteiger partial charge in [-0.3, -0.25) is 14.6 Å². The number of benzene rings is 1. The Labute approximate surface area is 174 Å². The number of halogens is 1. The van der Waals surface area contributed by atoms with Crippen molar-refractivity contribution in [2.45, 2.75) is 32.6 Å². The van der Waals surface area contributed by atoms with Gasteiger partial charge in [-0.1, -0.05) is 23.7 Å². The molecule has 2 saturated heterocycles. The van der Waals surface area contributed by atoms with E-state index in [1.54, 1.807) is 9.58 Å². The largest absolute Gasteiger partial charge is 0.412 e. The summed E-state index contributed by atoms with van der Waals surface area (Å²) in [6.07, 6.45) is 1.51. The summed E-state index contributed by atoms with van der Waals surface area (Å²) in [7, 11) is 0. The zero-order chi connectivity index (χ0) is 19.5. The van der Waals surface area contributed by atoms with Crippen LogP contribution >= 0.6 is 23.8 Å². The van der Waals surface area contributed by atoms with E-state index in [-0.39, 0.29) is 5.91 Å². The first-order valence-electron chi connectivity index (χ1n) is 9.60. The summed E-state index contributed by atoms with van der Waals surface area (Å²) in [5.74, 6) is 0.673. The molecule has 7 nitrogen and oxygen atoms in total. The van der Waals surface area contributed by atoms with Gasteiger partial charge in [0.05, 0.1) is 13.2 Å². The molecule has 2 aromatic rings. The fourth-order valence-corrected chi connectivity index (χ4v) is 4.12. The van der Waals surface area contributed by atoms with Crippen molar-refractivity contribution in [1.82, 2.24) is 24.5 Å². The summed E-state index contributed by atoms with van der Waals surface area (Å²) < 4.78 is 7.32. The van der Waals surface area contributed by atoms with E-state index in [9.17, 15) is 4.79 Å². The van der Waals surface area contributed by atoms with Crippen molar-refractivity contribution in [2.24, 2.45) is 0 Å². The van der Waals surface area contributed by atoms with Crippen LogP contribution in [0.15, 0.2) is 28.7 Å². The zero-order valence-electron chi connectivity index (χ0n) is 15.7. The highest BCUT2D eigenvalue weighted by Crippen LogP contribution is 2.16. The number of carbonyl (C=O) groups excluding carboxylic acids is 1. The Morgan fingerprint density at radius 3 is 2.61 bits per heavy atom. The molecule has 0 N–H and O–H groups in total. The van der Waals surface area contributed by atoms with Crippen molar-refractivity contribution in [2.75, 3.05) is 32.7 Å². The second-order valence-corrected chi connectivity index (χ2v) is 8.13. The van der Waals surface area contributed by atoms with Crippen LogP contribution in [0, 0.1) is 4.84 Å². The maximum Gasteiger partial charge on any atom is 0.288 e. The number of piperazine rings is 1. The van der Waals surface area contributed by atoms with Crippen molar-refractivity contribution in [3.8, 4) is 0 Å². The van der Waals surface area contributed by atoms with Gasteiger partial charge >= 0.3 is 0 Å². The average molecular weight is 422 g/mol. The van der Waals surface area contributed by atoms with Gasteiger partial charge in [-0.15, -0.1) is 5.10 Å². The van der Waals surface area contributed by atoms with Crippen molar-refractivity contribution >= 4 is 29.7 Å². The number of rotatable bonds is 6. The van der Waals surface area contributed by atoms with Crippen molar-refractivity contribution in [3.63, 3.8) is 0 Å². The van der Waals surface area contributed by atoms with E-state index in [1.165, 1.54) is 5.56 Å². The number of carbonyl (C=O) groups is 1. The Hall–Kier alpha value is -1.74. The van der Waals surface area contributed by atoms with Gasteiger partial charge in [0, 0.05) is 50.7 Å². The van der Waals surface area contributed by atoms with Crippen LogP contribution in [-0.2, 0) is 24.6 Å². The molecule has 2 fully saturated rings. The minimum atomic E-state index is 0.159. The first kappa shape index (κ1) is 19.6. The van der Waals surface area contributed by atoms with E-state index in [0.717, 1.165) is 50.7 Å². The van der Waals surface area contributed by atoms with Crippen LogP contribution in [0.2, 0.25) is 5.02 Å². The lowest BCUT2D eigenvalue weighted by atomic mass is 10.2. The molecule has 0 spiro atoms. The number of hydrogen-bond acceptors (Lipinski definition) is 6. The third-order valence-electron chi connectivity index (χ3n) is 5.24. The first-order valence-corrected chi connectivity index (χ1v) is 10.4. The summed E-state index contributed by atoms with van der Waals surface area (Å²) >= 11 is 11.4. The number of likely N-dealkylation sites (tertiary alicyclic amines) is 1. The van der Waals surface area contributed by atoms with Gasteiger partial charge in [0.25, 0.3) is 4.84 Å². The fraction of sp³-hybridized carbons (Fsp3) is 0.526. The molecule has 0 radical (unpaired) electrons.